The number of carbonyl (C=O) groups is 1. The van der Waals surface area contributed by atoms with Gasteiger partial charge >= 0.3 is 0 Å². The van der Waals surface area contributed by atoms with Crippen molar-refractivity contribution in [1.82, 2.24) is 0 Å². The van der Waals surface area contributed by atoms with E-state index >= 15 is 0 Å². The van der Waals surface area contributed by atoms with Crippen molar-refractivity contribution in [2.75, 3.05) is 0 Å². The van der Waals surface area contributed by atoms with Gasteiger partial charge in [0.1, 0.15) is 12.0 Å². The molecule has 0 N–H and O–H groups in total. The first kappa shape index (κ1) is 11.8. The van der Waals surface area contributed by atoms with Crippen LogP contribution in [0.3, 0.4) is 0 Å². The summed E-state index contributed by atoms with van der Waals surface area (Å²) >= 11 is 0. The summed E-state index contributed by atoms with van der Waals surface area (Å²) in [6.07, 6.45) is 9.95. The molecule has 0 aromatic carbocycles. The zero-order valence-electron chi connectivity index (χ0n) is 9.24. The van der Waals surface area contributed by atoms with E-state index in [0.29, 0.717) is 0 Å². The monoisotopic (exact) mass is 206 g/mol. The SMILES string of the molecule is CCCCCCC(C=O)=Cc1ccco1. The summed E-state index contributed by atoms with van der Waals surface area (Å²) in [5.74, 6) is 0.757. The largest absolute Gasteiger partial charge is 0.465 e. The summed E-state index contributed by atoms with van der Waals surface area (Å²) in [5.41, 5.74) is 0.820. The van der Waals surface area contributed by atoms with E-state index in [1.807, 2.05) is 18.2 Å². The van der Waals surface area contributed by atoms with Gasteiger partial charge in [-0.3, -0.25) is 4.79 Å². The molecule has 0 atom stereocenters. The molecule has 1 aromatic rings. The Kier molecular flexibility index (Phi) is 5.52. The van der Waals surface area contributed by atoms with E-state index < -0.39 is 0 Å². The van der Waals surface area contributed by atoms with Crippen molar-refractivity contribution < 1.29 is 9.21 Å². The molecule has 2 heteroatoms. The van der Waals surface area contributed by atoms with E-state index in [9.17, 15) is 4.79 Å². The smallest absolute Gasteiger partial charge is 0.146 e. The van der Waals surface area contributed by atoms with E-state index in [1.54, 1.807) is 6.26 Å². The second-order valence-electron chi connectivity index (χ2n) is 3.66. The minimum atomic E-state index is 0.757. The minimum Gasteiger partial charge on any atom is -0.465 e. The van der Waals surface area contributed by atoms with Crippen LogP contribution in [0.25, 0.3) is 6.08 Å². The molecule has 0 amide bonds. The van der Waals surface area contributed by atoms with Crippen LogP contribution in [0.5, 0.6) is 0 Å². The fraction of sp³-hybridized carbons (Fsp3) is 0.462. The zero-order valence-corrected chi connectivity index (χ0v) is 9.24. The highest BCUT2D eigenvalue weighted by Crippen LogP contribution is 2.12. The number of hydrogen-bond acceptors (Lipinski definition) is 2. The number of hydrogen-bond donors (Lipinski definition) is 0. The Morgan fingerprint density at radius 1 is 1.40 bits per heavy atom. The number of unbranched alkanes of at least 4 members (excludes halogenated alkanes) is 3. The summed E-state index contributed by atoms with van der Waals surface area (Å²) < 4.78 is 5.16. The van der Waals surface area contributed by atoms with Gasteiger partial charge in [0, 0.05) is 0 Å². The number of aldehydes is 1. The lowest BCUT2D eigenvalue weighted by molar-refractivity contribution is -0.105. The number of carbonyl (C=O) groups excluding carboxylic acids is 1. The van der Waals surface area contributed by atoms with Crippen molar-refractivity contribution in [3.63, 3.8) is 0 Å². The molecule has 0 fully saturated rings. The van der Waals surface area contributed by atoms with Crippen LogP contribution in [0.1, 0.15) is 44.8 Å². The highest BCUT2D eigenvalue weighted by atomic mass is 16.3. The quantitative estimate of drug-likeness (QED) is 0.385. The number of rotatable bonds is 7. The van der Waals surface area contributed by atoms with Crippen molar-refractivity contribution in [3.8, 4) is 0 Å². The highest BCUT2D eigenvalue weighted by Gasteiger charge is 1.98. The minimum absolute atomic E-state index is 0.757. The molecule has 0 saturated heterocycles. The second kappa shape index (κ2) is 7.04. The lowest BCUT2D eigenvalue weighted by Gasteiger charge is -1.98. The molecule has 0 unspecified atom stereocenters. The molecule has 0 aliphatic rings. The van der Waals surface area contributed by atoms with Crippen molar-refractivity contribution in [3.05, 3.63) is 29.7 Å². The Bertz CT molecular complexity index is 296. The molecular formula is C13H18O2. The van der Waals surface area contributed by atoms with E-state index in [4.69, 9.17) is 4.42 Å². The van der Waals surface area contributed by atoms with Crippen molar-refractivity contribution in [2.24, 2.45) is 0 Å². The standard InChI is InChI=1S/C13H18O2/c1-2-3-4-5-7-12(11-14)10-13-8-6-9-15-13/h6,8-11H,2-5,7H2,1H3. The maximum absolute atomic E-state index is 10.8. The van der Waals surface area contributed by atoms with Gasteiger partial charge in [0.2, 0.25) is 0 Å². The Hall–Kier alpha value is -1.31. The van der Waals surface area contributed by atoms with Crippen molar-refractivity contribution in [2.45, 2.75) is 39.0 Å². The van der Waals surface area contributed by atoms with Crippen LogP contribution in [0.4, 0.5) is 0 Å². The van der Waals surface area contributed by atoms with E-state index in [-0.39, 0.29) is 0 Å². The number of allylic oxidation sites excluding steroid dienone is 1. The van der Waals surface area contributed by atoms with Gasteiger partial charge in [-0.15, -0.1) is 0 Å². The Morgan fingerprint density at radius 3 is 2.87 bits per heavy atom. The van der Waals surface area contributed by atoms with Gasteiger partial charge in [-0.25, -0.2) is 0 Å². The molecule has 2 nitrogen and oxygen atoms in total. The third kappa shape index (κ3) is 4.63. The predicted molar refractivity (Wildman–Crippen MR) is 61.5 cm³/mol. The van der Waals surface area contributed by atoms with Gasteiger partial charge in [-0.2, -0.15) is 0 Å². The lowest BCUT2D eigenvalue weighted by Crippen LogP contribution is -1.86. The third-order valence-electron chi connectivity index (χ3n) is 2.34. The summed E-state index contributed by atoms with van der Waals surface area (Å²) in [6, 6.07) is 3.68. The zero-order chi connectivity index (χ0) is 10.9. The maximum atomic E-state index is 10.8. The van der Waals surface area contributed by atoms with Crippen LogP contribution in [-0.4, -0.2) is 6.29 Å². The molecule has 0 saturated carbocycles. The Labute approximate surface area is 91.0 Å². The molecular weight excluding hydrogens is 188 g/mol. The summed E-state index contributed by atoms with van der Waals surface area (Å²) in [6.45, 7) is 2.18. The predicted octanol–water partition coefficient (Wildman–Crippen LogP) is 3.83. The van der Waals surface area contributed by atoms with Gasteiger partial charge < -0.3 is 4.42 Å². The summed E-state index contributed by atoms with van der Waals surface area (Å²) in [7, 11) is 0. The molecule has 82 valence electrons. The Morgan fingerprint density at radius 2 is 2.27 bits per heavy atom. The van der Waals surface area contributed by atoms with Crippen LogP contribution in [-0.2, 0) is 4.79 Å². The number of furan rings is 1. The van der Waals surface area contributed by atoms with E-state index in [2.05, 4.69) is 6.92 Å². The molecule has 15 heavy (non-hydrogen) atoms. The molecule has 1 heterocycles. The molecule has 0 spiro atoms. The Balaban J connectivity index is 2.39. The van der Waals surface area contributed by atoms with Crippen LogP contribution in [0.15, 0.2) is 28.4 Å². The van der Waals surface area contributed by atoms with Crippen LogP contribution >= 0.6 is 0 Å². The van der Waals surface area contributed by atoms with Crippen molar-refractivity contribution in [1.29, 1.82) is 0 Å². The molecule has 1 rings (SSSR count). The van der Waals surface area contributed by atoms with Gasteiger partial charge in [0.25, 0.3) is 0 Å². The average Bonchev–Trinajstić information content (AvgIpc) is 2.75. The first-order valence-electron chi connectivity index (χ1n) is 5.56. The van der Waals surface area contributed by atoms with Crippen LogP contribution in [0, 0.1) is 0 Å². The lowest BCUT2D eigenvalue weighted by atomic mass is 10.1. The summed E-state index contributed by atoms with van der Waals surface area (Å²) in [4.78, 5) is 10.8. The van der Waals surface area contributed by atoms with Crippen LogP contribution in [0.2, 0.25) is 0 Å². The molecule has 1 aromatic heterocycles. The summed E-state index contributed by atoms with van der Waals surface area (Å²) in [5, 5.41) is 0. The van der Waals surface area contributed by atoms with Crippen LogP contribution < -0.4 is 0 Å². The molecule has 0 aliphatic heterocycles. The first-order valence-corrected chi connectivity index (χ1v) is 5.56. The molecule has 0 aliphatic carbocycles. The normalized spacial score (nSPS) is 11.7. The molecule has 0 bridgehead atoms. The third-order valence-corrected chi connectivity index (χ3v) is 2.34. The van der Waals surface area contributed by atoms with Gasteiger partial charge in [-0.05, 0) is 36.6 Å². The topological polar surface area (TPSA) is 30.2 Å². The maximum Gasteiger partial charge on any atom is 0.146 e. The fourth-order valence-corrected chi connectivity index (χ4v) is 1.48. The fourth-order valence-electron chi connectivity index (χ4n) is 1.48. The van der Waals surface area contributed by atoms with Crippen molar-refractivity contribution >= 4 is 12.4 Å². The average molecular weight is 206 g/mol. The van der Waals surface area contributed by atoms with E-state index in [1.165, 1.54) is 19.3 Å². The molecule has 0 radical (unpaired) electrons. The van der Waals surface area contributed by atoms with E-state index in [0.717, 1.165) is 30.5 Å². The van der Waals surface area contributed by atoms with Gasteiger partial charge in [0.05, 0.1) is 6.26 Å². The van der Waals surface area contributed by atoms with Gasteiger partial charge in [0.15, 0.2) is 0 Å². The van der Waals surface area contributed by atoms with Gasteiger partial charge in [-0.1, -0.05) is 26.2 Å². The second-order valence-corrected chi connectivity index (χ2v) is 3.66. The highest BCUT2D eigenvalue weighted by molar-refractivity contribution is 5.80. The first-order chi connectivity index (χ1) is 7.36.